The van der Waals surface area contributed by atoms with Gasteiger partial charge in [0.1, 0.15) is 5.75 Å². The summed E-state index contributed by atoms with van der Waals surface area (Å²) in [6.45, 7) is 2.53. The summed E-state index contributed by atoms with van der Waals surface area (Å²) in [6, 6.07) is 24.2. The van der Waals surface area contributed by atoms with E-state index in [-0.39, 0.29) is 5.91 Å². The lowest BCUT2D eigenvalue weighted by atomic mass is 10.0. The van der Waals surface area contributed by atoms with Crippen molar-refractivity contribution in [2.45, 2.75) is 6.92 Å². The van der Waals surface area contributed by atoms with Crippen LogP contribution in [0.15, 0.2) is 78.9 Å². The maximum atomic E-state index is 13.1. The predicted octanol–water partition coefficient (Wildman–Crippen LogP) is 6.21. The van der Waals surface area contributed by atoms with Gasteiger partial charge in [0.15, 0.2) is 0 Å². The number of benzene rings is 3. The van der Waals surface area contributed by atoms with E-state index in [9.17, 15) is 4.79 Å². The molecule has 0 bridgehead atoms. The van der Waals surface area contributed by atoms with Crippen molar-refractivity contribution in [1.29, 1.82) is 0 Å². The first-order valence-electron chi connectivity index (χ1n) is 9.34. The Labute approximate surface area is 174 Å². The molecule has 3 aromatic carbocycles. The first kappa shape index (κ1) is 19.0. The number of para-hydroxylation sites is 1. The molecule has 1 N–H and O–H groups in total. The van der Waals surface area contributed by atoms with E-state index in [1.165, 1.54) is 0 Å². The van der Waals surface area contributed by atoms with E-state index < -0.39 is 0 Å². The summed E-state index contributed by atoms with van der Waals surface area (Å²) in [5, 5.41) is 4.42. The molecular weight excluding hydrogens is 384 g/mol. The average molecular weight is 403 g/mol. The zero-order chi connectivity index (χ0) is 20.2. The molecule has 0 saturated carbocycles. The average Bonchev–Trinajstić information content (AvgIpc) is 2.75. The Bertz CT molecular complexity index is 1160. The van der Waals surface area contributed by atoms with Crippen LogP contribution in [0.5, 0.6) is 5.75 Å². The van der Waals surface area contributed by atoms with E-state index in [2.05, 4.69) is 5.32 Å². The minimum atomic E-state index is -0.192. The summed E-state index contributed by atoms with van der Waals surface area (Å²) in [7, 11) is 0. The molecule has 1 aromatic heterocycles. The summed E-state index contributed by atoms with van der Waals surface area (Å²) in [5.41, 5.74) is 3.64. The molecule has 4 rings (SSSR count). The van der Waals surface area contributed by atoms with Gasteiger partial charge >= 0.3 is 0 Å². The maximum absolute atomic E-state index is 13.1. The van der Waals surface area contributed by atoms with Crippen LogP contribution in [0.2, 0.25) is 5.02 Å². The van der Waals surface area contributed by atoms with E-state index in [4.69, 9.17) is 21.3 Å². The summed E-state index contributed by atoms with van der Waals surface area (Å²) < 4.78 is 5.45. The van der Waals surface area contributed by atoms with Crippen LogP contribution < -0.4 is 10.1 Å². The van der Waals surface area contributed by atoms with Crippen molar-refractivity contribution in [3.8, 4) is 17.0 Å². The van der Waals surface area contributed by atoms with Crippen molar-refractivity contribution in [1.82, 2.24) is 4.98 Å². The second-order valence-corrected chi connectivity index (χ2v) is 6.93. The van der Waals surface area contributed by atoms with Crippen LogP contribution in [-0.4, -0.2) is 17.5 Å². The Morgan fingerprint density at radius 2 is 1.72 bits per heavy atom. The van der Waals surface area contributed by atoms with Crippen LogP contribution in [0.1, 0.15) is 17.3 Å². The van der Waals surface area contributed by atoms with Crippen LogP contribution in [-0.2, 0) is 0 Å². The highest BCUT2D eigenvalue weighted by Gasteiger charge is 2.14. The van der Waals surface area contributed by atoms with Gasteiger partial charge in [-0.1, -0.05) is 41.9 Å². The lowest BCUT2D eigenvalue weighted by Crippen LogP contribution is -2.13. The van der Waals surface area contributed by atoms with Gasteiger partial charge in [0, 0.05) is 21.7 Å². The van der Waals surface area contributed by atoms with Gasteiger partial charge in [0.25, 0.3) is 5.91 Å². The maximum Gasteiger partial charge on any atom is 0.256 e. The number of nitrogens with zero attached hydrogens (tertiary/aromatic N) is 1. The third-order valence-electron chi connectivity index (χ3n) is 4.52. The van der Waals surface area contributed by atoms with Crippen LogP contribution in [0, 0.1) is 0 Å². The summed E-state index contributed by atoms with van der Waals surface area (Å²) in [6.07, 6.45) is 0. The van der Waals surface area contributed by atoms with Crippen molar-refractivity contribution < 1.29 is 9.53 Å². The third-order valence-corrected chi connectivity index (χ3v) is 4.78. The smallest absolute Gasteiger partial charge is 0.256 e. The Balaban J connectivity index is 1.71. The van der Waals surface area contributed by atoms with Crippen molar-refractivity contribution >= 4 is 34.1 Å². The van der Waals surface area contributed by atoms with E-state index in [1.54, 1.807) is 0 Å². The highest BCUT2D eigenvalue weighted by molar-refractivity contribution is 6.30. The van der Waals surface area contributed by atoms with E-state index >= 15 is 0 Å². The molecule has 5 heteroatoms. The normalized spacial score (nSPS) is 10.7. The fourth-order valence-electron chi connectivity index (χ4n) is 3.13. The SMILES string of the molecule is CCOc1ccc(NC(=O)c2cc(-c3ccc(Cl)cc3)nc3ccccc23)cc1. The molecule has 0 saturated heterocycles. The van der Waals surface area contributed by atoms with Crippen molar-refractivity contribution in [2.24, 2.45) is 0 Å². The topological polar surface area (TPSA) is 51.2 Å². The van der Waals surface area contributed by atoms with Crippen LogP contribution in [0.4, 0.5) is 5.69 Å². The molecule has 4 nitrogen and oxygen atoms in total. The van der Waals surface area contributed by atoms with Gasteiger partial charge in [-0.3, -0.25) is 4.79 Å². The molecule has 0 unspecified atom stereocenters. The van der Waals surface area contributed by atoms with Gasteiger partial charge in [-0.05, 0) is 55.5 Å². The largest absolute Gasteiger partial charge is 0.494 e. The van der Waals surface area contributed by atoms with Gasteiger partial charge in [-0.25, -0.2) is 4.98 Å². The molecule has 144 valence electrons. The third kappa shape index (κ3) is 4.23. The molecule has 0 fully saturated rings. The number of hydrogen-bond donors (Lipinski definition) is 1. The van der Waals surface area contributed by atoms with Gasteiger partial charge in [-0.2, -0.15) is 0 Å². The van der Waals surface area contributed by atoms with Crippen molar-refractivity contribution in [3.63, 3.8) is 0 Å². The van der Waals surface area contributed by atoms with Crippen molar-refractivity contribution in [2.75, 3.05) is 11.9 Å². The quantitative estimate of drug-likeness (QED) is 0.432. The number of hydrogen-bond acceptors (Lipinski definition) is 3. The summed E-state index contributed by atoms with van der Waals surface area (Å²) >= 11 is 6.00. The van der Waals surface area contributed by atoms with Gasteiger partial charge < -0.3 is 10.1 Å². The van der Waals surface area contributed by atoms with Gasteiger partial charge in [-0.15, -0.1) is 0 Å². The molecule has 0 atom stereocenters. The first-order chi connectivity index (χ1) is 14.1. The number of amides is 1. The zero-order valence-electron chi connectivity index (χ0n) is 15.9. The molecule has 0 aliphatic rings. The Morgan fingerprint density at radius 3 is 2.45 bits per heavy atom. The molecule has 0 radical (unpaired) electrons. The Morgan fingerprint density at radius 1 is 1.00 bits per heavy atom. The highest BCUT2D eigenvalue weighted by Crippen LogP contribution is 2.27. The Kier molecular flexibility index (Phi) is 5.45. The fourth-order valence-corrected chi connectivity index (χ4v) is 3.26. The number of nitrogens with one attached hydrogen (secondary N) is 1. The lowest BCUT2D eigenvalue weighted by molar-refractivity contribution is 0.102. The number of rotatable bonds is 5. The number of pyridine rings is 1. The van der Waals surface area contributed by atoms with Crippen LogP contribution in [0.25, 0.3) is 22.2 Å². The first-order valence-corrected chi connectivity index (χ1v) is 9.72. The molecule has 4 aromatic rings. The molecule has 29 heavy (non-hydrogen) atoms. The standard InChI is InChI=1S/C24H19ClN2O2/c1-2-29-19-13-11-18(12-14-19)26-24(28)21-15-23(16-7-9-17(25)10-8-16)27-22-6-4-3-5-20(21)22/h3-15H,2H2,1H3,(H,26,28). The second kappa shape index (κ2) is 8.33. The van der Waals surface area contributed by atoms with Gasteiger partial charge in [0.05, 0.1) is 23.4 Å². The fraction of sp³-hybridized carbons (Fsp3) is 0.0833. The number of halogens is 1. The highest BCUT2D eigenvalue weighted by atomic mass is 35.5. The molecule has 0 aliphatic heterocycles. The number of carbonyl (C=O) groups is 1. The Hall–Kier alpha value is -3.37. The van der Waals surface area contributed by atoms with E-state index in [0.717, 1.165) is 27.9 Å². The molecule has 1 heterocycles. The van der Waals surface area contributed by atoms with Crippen molar-refractivity contribution in [3.05, 3.63) is 89.4 Å². The minimum Gasteiger partial charge on any atom is -0.494 e. The zero-order valence-corrected chi connectivity index (χ0v) is 16.6. The number of ether oxygens (including phenoxy) is 1. The van der Waals surface area contributed by atoms with E-state index in [1.807, 2.05) is 85.8 Å². The predicted molar refractivity (Wildman–Crippen MR) is 118 cm³/mol. The number of aromatic nitrogens is 1. The number of fused-ring (bicyclic) bond motifs is 1. The molecule has 0 spiro atoms. The van der Waals surface area contributed by atoms with Gasteiger partial charge in [0.2, 0.25) is 0 Å². The van der Waals surface area contributed by atoms with E-state index in [0.29, 0.717) is 22.9 Å². The number of carbonyl (C=O) groups excluding carboxylic acids is 1. The summed E-state index contributed by atoms with van der Waals surface area (Å²) in [5.74, 6) is 0.577. The summed E-state index contributed by atoms with van der Waals surface area (Å²) in [4.78, 5) is 17.8. The molecular formula is C24H19ClN2O2. The molecule has 1 amide bonds. The minimum absolute atomic E-state index is 0.192. The van der Waals surface area contributed by atoms with Crippen LogP contribution in [0.3, 0.4) is 0 Å². The van der Waals surface area contributed by atoms with Crippen LogP contribution >= 0.6 is 11.6 Å². The molecule has 0 aliphatic carbocycles. The lowest BCUT2D eigenvalue weighted by Gasteiger charge is -2.11. The monoisotopic (exact) mass is 402 g/mol. The number of anilines is 1. The second-order valence-electron chi connectivity index (χ2n) is 6.49.